The van der Waals surface area contributed by atoms with Crippen LogP contribution in [-0.2, 0) is 10.0 Å². The summed E-state index contributed by atoms with van der Waals surface area (Å²) in [5, 5.41) is 8.15. The van der Waals surface area contributed by atoms with Gasteiger partial charge in [-0.15, -0.1) is 11.6 Å². The molecule has 0 radical (unpaired) electrons. The number of nitriles is 1. The Morgan fingerprint density at radius 1 is 1.50 bits per heavy atom. The van der Waals surface area contributed by atoms with E-state index in [0.717, 1.165) is 0 Å². The van der Waals surface area contributed by atoms with E-state index in [-0.39, 0.29) is 11.6 Å². The van der Waals surface area contributed by atoms with Crippen molar-refractivity contribution in [2.75, 3.05) is 18.2 Å². The summed E-state index contributed by atoms with van der Waals surface area (Å²) in [7, 11) is -3.20. The zero-order valence-corrected chi connectivity index (χ0v) is 8.16. The maximum atomic E-state index is 10.9. The molecule has 0 saturated heterocycles. The highest BCUT2D eigenvalue weighted by atomic mass is 35.5. The Labute approximate surface area is 77.6 Å². The Hall–Kier alpha value is -0.310. The lowest BCUT2D eigenvalue weighted by molar-refractivity contribution is 0.581. The third-order valence-corrected chi connectivity index (χ3v) is 2.93. The van der Waals surface area contributed by atoms with Gasteiger partial charge in [0.25, 0.3) is 0 Å². The first-order chi connectivity index (χ1) is 5.62. The fourth-order valence-electron chi connectivity index (χ4n) is 0.569. The zero-order valence-electron chi connectivity index (χ0n) is 6.59. The molecule has 0 aromatic rings. The molecular formula is C6H11ClN2O2S. The summed E-state index contributed by atoms with van der Waals surface area (Å²) >= 11 is 5.25. The highest BCUT2D eigenvalue weighted by Gasteiger charge is 2.06. The van der Waals surface area contributed by atoms with Gasteiger partial charge in [0.1, 0.15) is 0 Å². The van der Waals surface area contributed by atoms with Crippen LogP contribution < -0.4 is 4.72 Å². The molecule has 0 saturated carbocycles. The molecule has 1 N–H and O–H groups in total. The molecule has 4 nitrogen and oxygen atoms in total. The van der Waals surface area contributed by atoms with Gasteiger partial charge in [-0.05, 0) is 6.42 Å². The van der Waals surface area contributed by atoms with Gasteiger partial charge in [0.15, 0.2) is 0 Å². The molecule has 0 amide bonds. The van der Waals surface area contributed by atoms with Crippen LogP contribution in [0.2, 0.25) is 0 Å². The number of sulfonamides is 1. The number of hydrogen-bond donors (Lipinski definition) is 1. The number of alkyl halides is 1. The fourth-order valence-corrected chi connectivity index (χ4v) is 1.98. The number of halogens is 1. The molecule has 0 fully saturated rings. The predicted octanol–water partition coefficient (Wildman–Crippen LogP) is 0.448. The van der Waals surface area contributed by atoms with Crippen molar-refractivity contribution in [2.24, 2.45) is 0 Å². The summed E-state index contributed by atoms with van der Waals surface area (Å²) in [5.74, 6) is 0.0225. The van der Waals surface area contributed by atoms with Crippen molar-refractivity contribution in [3.05, 3.63) is 0 Å². The first-order valence-corrected chi connectivity index (χ1v) is 5.71. The average Bonchev–Trinajstić information content (AvgIpc) is 1.98. The minimum atomic E-state index is -3.20. The van der Waals surface area contributed by atoms with Crippen molar-refractivity contribution in [3.63, 3.8) is 0 Å². The highest BCUT2D eigenvalue weighted by Crippen LogP contribution is 1.89. The van der Waals surface area contributed by atoms with Crippen LogP contribution in [0.15, 0.2) is 0 Å². The van der Waals surface area contributed by atoms with E-state index in [0.29, 0.717) is 19.4 Å². The lowest BCUT2D eigenvalue weighted by atomic mass is 10.3. The topological polar surface area (TPSA) is 70.0 Å². The highest BCUT2D eigenvalue weighted by molar-refractivity contribution is 7.89. The normalized spacial score (nSPS) is 11.0. The first kappa shape index (κ1) is 11.7. The van der Waals surface area contributed by atoms with E-state index < -0.39 is 10.0 Å². The SMILES string of the molecule is N#CCCCNS(=O)(=O)CCCl. The van der Waals surface area contributed by atoms with Crippen molar-refractivity contribution in [2.45, 2.75) is 12.8 Å². The summed E-state index contributed by atoms with van der Waals surface area (Å²) in [6, 6.07) is 1.93. The molecule has 0 heterocycles. The Morgan fingerprint density at radius 3 is 2.67 bits per heavy atom. The Kier molecular flexibility index (Phi) is 6.07. The second-order valence-corrected chi connectivity index (χ2v) is 4.47. The summed E-state index contributed by atoms with van der Waals surface area (Å²) in [6.07, 6.45) is 0.904. The predicted molar refractivity (Wildman–Crippen MR) is 47.4 cm³/mol. The molecule has 6 heteroatoms. The van der Waals surface area contributed by atoms with Crippen LogP contribution in [0.3, 0.4) is 0 Å². The maximum absolute atomic E-state index is 10.9. The molecule has 70 valence electrons. The first-order valence-electron chi connectivity index (χ1n) is 3.52. The van der Waals surface area contributed by atoms with Crippen LogP contribution in [0.25, 0.3) is 0 Å². The Balaban J connectivity index is 3.57. The van der Waals surface area contributed by atoms with Gasteiger partial charge in [-0.2, -0.15) is 5.26 Å². The monoisotopic (exact) mass is 210 g/mol. The number of nitrogens with one attached hydrogen (secondary N) is 1. The minimum Gasteiger partial charge on any atom is -0.215 e. The quantitative estimate of drug-likeness (QED) is 0.511. The molecule has 0 rings (SSSR count). The molecule has 0 atom stereocenters. The molecule has 0 aliphatic rings. The molecule has 0 bridgehead atoms. The van der Waals surface area contributed by atoms with Gasteiger partial charge >= 0.3 is 0 Å². The third-order valence-electron chi connectivity index (χ3n) is 1.13. The second-order valence-electron chi connectivity index (χ2n) is 2.16. The number of hydrogen-bond acceptors (Lipinski definition) is 3. The van der Waals surface area contributed by atoms with E-state index in [9.17, 15) is 8.42 Å². The molecule has 0 unspecified atom stereocenters. The van der Waals surface area contributed by atoms with Crippen LogP contribution in [0.1, 0.15) is 12.8 Å². The Morgan fingerprint density at radius 2 is 2.17 bits per heavy atom. The second kappa shape index (κ2) is 6.23. The van der Waals surface area contributed by atoms with E-state index in [4.69, 9.17) is 16.9 Å². The Bertz CT molecular complexity index is 245. The van der Waals surface area contributed by atoms with Crippen molar-refractivity contribution in [3.8, 4) is 6.07 Å². The van der Waals surface area contributed by atoms with E-state index in [2.05, 4.69) is 4.72 Å². The van der Waals surface area contributed by atoms with E-state index in [1.807, 2.05) is 6.07 Å². The van der Waals surface area contributed by atoms with E-state index in [1.165, 1.54) is 0 Å². The molecule has 0 aromatic heterocycles. The molecule has 0 aromatic carbocycles. The summed E-state index contributed by atoms with van der Waals surface area (Å²) in [6.45, 7) is 0.312. The molecular weight excluding hydrogens is 200 g/mol. The lowest BCUT2D eigenvalue weighted by Crippen LogP contribution is -2.27. The van der Waals surface area contributed by atoms with Crippen molar-refractivity contribution >= 4 is 21.6 Å². The van der Waals surface area contributed by atoms with Crippen molar-refractivity contribution in [1.82, 2.24) is 4.72 Å². The van der Waals surface area contributed by atoms with Crippen LogP contribution >= 0.6 is 11.6 Å². The van der Waals surface area contributed by atoms with Crippen LogP contribution in [0.4, 0.5) is 0 Å². The number of rotatable bonds is 6. The summed E-state index contributed by atoms with van der Waals surface area (Å²) < 4.78 is 24.2. The van der Waals surface area contributed by atoms with Crippen molar-refractivity contribution in [1.29, 1.82) is 5.26 Å². The third kappa shape index (κ3) is 6.40. The summed E-state index contributed by atoms with van der Waals surface area (Å²) in [5.41, 5.74) is 0. The molecule has 0 aliphatic heterocycles. The van der Waals surface area contributed by atoms with Crippen LogP contribution in [0.5, 0.6) is 0 Å². The zero-order chi connectivity index (χ0) is 9.45. The smallest absolute Gasteiger partial charge is 0.212 e. The van der Waals surface area contributed by atoms with Gasteiger partial charge in [-0.1, -0.05) is 0 Å². The largest absolute Gasteiger partial charge is 0.215 e. The van der Waals surface area contributed by atoms with Gasteiger partial charge in [0.05, 0.1) is 11.8 Å². The fraction of sp³-hybridized carbons (Fsp3) is 0.833. The van der Waals surface area contributed by atoms with Gasteiger partial charge < -0.3 is 0 Å². The standard InChI is InChI=1S/C6H11ClN2O2S/c7-3-6-12(10,11)9-5-2-1-4-8/h9H,1-3,5-6H2. The van der Waals surface area contributed by atoms with Gasteiger partial charge in [-0.3, -0.25) is 0 Å². The molecule has 0 aliphatic carbocycles. The van der Waals surface area contributed by atoms with Gasteiger partial charge in [-0.25, -0.2) is 13.1 Å². The maximum Gasteiger partial charge on any atom is 0.212 e. The van der Waals surface area contributed by atoms with Crippen molar-refractivity contribution < 1.29 is 8.42 Å². The van der Waals surface area contributed by atoms with Gasteiger partial charge in [0.2, 0.25) is 10.0 Å². The minimum absolute atomic E-state index is 0.0683. The number of nitrogens with zero attached hydrogens (tertiary/aromatic N) is 1. The van der Waals surface area contributed by atoms with Gasteiger partial charge in [0, 0.05) is 18.8 Å². The number of unbranched alkanes of at least 4 members (excludes halogenated alkanes) is 1. The van der Waals surface area contributed by atoms with Crippen LogP contribution in [-0.4, -0.2) is 26.6 Å². The lowest BCUT2D eigenvalue weighted by Gasteiger charge is -2.02. The van der Waals surface area contributed by atoms with E-state index in [1.54, 1.807) is 0 Å². The average molecular weight is 211 g/mol. The van der Waals surface area contributed by atoms with E-state index >= 15 is 0 Å². The molecule has 0 spiro atoms. The van der Waals surface area contributed by atoms with Crippen LogP contribution in [0, 0.1) is 11.3 Å². The summed E-state index contributed by atoms with van der Waals surface area (Å²) in [4.78, 5) is 0. The molecule has 12 heavy (non-hydrogen) atoms.